The van der Waals surface area contributed by atoms with E-state index in [0.29, 0.717) is 12.2 Å². The molecule has 1 aromatic rings. The summed E-state index contributed by atoms with van der Waals surface area (Å²) in [5.74, 6) is -0.232. The van der Waals surface area contributed by atoms with Crippen molar-refractivity contribution in [2.75, 3.05) is 6.61 Å². The molecule has 0 atom stereocenters. The number of rotatable bonds is 3. The summed E-state index contributed by atoms with van der Waals surface area (Å²) in [6, 6.07) is 6.30. The smallest absolute Gasteiger partial charge is 0.333 e. The minimum atomic E-state index is -0.232. The van der Waals surface area contributed by atoms with Crippen LogP contribution in [-0.2, 0) is 9.53 Å². The number of hydrogen-bond acceptors (Lipinski definition) is 2. The molecule has 0 amide bonds. The molecule has 0 spiro atoms. The van der Waals surface area contributed by atoms with Crippen LogP contribution in [0.25, 0.3) is 5.57 Å². The third-order valence-corrected chi connectivity index (χ3v) is 2.80. The minimum absolute atomic E-state index is 0.232. The summed E-state index contributed by atoms with van der Waals surface area (Å²) in [5, 5.41) is 0. The zero-order chi connectivity index (χ0) is 13.0. The normalized spacial score (nSPS) is 12.1. The minimum Gasteiger partial charge on any atom is -0.463 e. The Labute approximate surface area is 103 Å². The first-order chi connectivity index (χ1) is 7.95. The van der Waals surface area contributed by atoms with Crippen LogP contribution in [0, 0.1) is 13.8 Å². The Morgan fingerprint density at radius 3 is 2.12 bits per heavy atom. The van der Waals surface area contributed by atoms with Crippen LogP contribution in [0.2, 0.25) is 0 Å². The third-order valence-electron chi connectivity index (χ3n) is 2.80. The summed E-state index contributed by atoms with van der Waals surface area (Å²) >= 11 is 0. The Morgan fingerprint density at radius 1 is 1.12 bits per heavy atom. The van der Waals surface area contributed by atoms with E-state index in [1.807, 2.05) is 20.8 Å². The topological polar surface area (TPSA) is 26.3 Å². The van der Waals surface area contributed by atoms with Crippen molar-refractivity contribution in [2.24, 2.45) is 0 Å². The Balaban J connectivity index is 3.13. The zero-order valence-electron chi connectivity index (χ0n) is 11.3. The van der Waals surface area contributed by atoms with Crippen molar-refractivity contribution in [3.63, 3.8) is 0 Å². The number of carbonyl (C=O) groups is 1. The van der Waals surface area contributed by atoms with E-state index in [9.17, 15) is 4.79 Å². The molecular formula is C15H20O2. The van der Waals surface area contributed by atoms with Gasteiger partial charge in [-0.15, -0.1) is 0 Å². The molecule has 0 radical (unpaired) electrons. The first-order valence-electron chi connectivity index (χ1n) is 5.89. The lowest BCUT2D eigenvalue weighted by molar-refractivity contribution is -0.138. The van der Waals surface area contributed by atoms with Crippen molar-refractivity contribution >= 4 is 11.5 Å². The molecule has 17 heavy (non-hydrogen) atoms. The van der Waals surface area contributed by atoms with Crippen molar-refractivity contribution in [1.82, 2.24) is 0 Å². The van der Waals surface area contributed by atoms with Gasteiger partial charge in [-0.05, 0) is 45.8 Å². The Hall–Kier alpha value is -1.57. The molecule has 2 heteroatoms. The molecule has 0 saturated carbocycles. The molecule has 0 fully saturated rings. The van der Waals surface area contributed by atoms with E-state index in [0.717, 1.165) is 11.1 Å². The number of allylic oxidation sites excluding steroid dienone is 1. The van der Waals surface area contributed by atoms with Gasteiger partial charge in [-0.1, -0.05) is 29.3 Å². The van der Waals surface area contributed by atoms with Crippen molar-refractivity contribution < 1.29 is 9.53 Å². The largest absolute Gasteiger partial charge is 0.463 e. The SMILES string of the molecule is CCOC(=O)/C(C)=C(/C)c1cc(C)cc(C)c1. The molecule has 1 aromatic carbocycles. The molecule has 0 aliphatic carbocycles. The second kappa shape index (κ2) is 5.67. The standard InChI is InChI=1S/C15H20O2/c1-6-17-15(16)13(5)12(4)14-8-10(2)7-11(3)9-14/h7-9H,6H2,1-5H3/b13-12-. The van der Waals surface area contributed by atoms with E-state index in [2.05, 4.69) is 32.0 Å². The maximum atomic E-state index is 11.6. The van der Waals surface area contributed by atoms with Crippen LogP contribution in [0.5, 0.6) is 0 Å². The number of ether oxygens (including phenoxy) is 1. The summed E-state index contributed by atoms with van der Waals surface area (Å²) in [5.41, 5.74) is 5.16. The van der Waals surface area contributed by atoms with Gasteiger partial charge in [-0.2, -0.15) is 0 Å². The third kappa shape index (κ3) is 3.45. The molecule has 0 saturated heterocycles. The molecule has 0 heterocycles. The van der Waals surface area contributed by atoms with Gasteiger partial charge in [0.25, 0.3) is 0 Å². The fourth-order valence-electron chi connectivity index (χ4n) is 1.80. The molecule has 0 aliphatic rings. The van der Waals surface area contributed by atoms with Crippen molar-refractivity contribution in [1.29, 1.82) is 0 Å². The second-order valence-electron chi connectivity index (χ2n) is 4.35. The maximum absolute atomic E-state index is 11.6. The van der Waals surface area contributed by atoms with Crippen molar-refractivity contribution in [2.45, 2.75) is 34.6 Å². The molecule has 0 aromatic heterocycles. The number of hydrogen-bond donors (Lipinski definition) is 0. The molecule has 0 unspecified atom stereocenters. The molecular weight excluding hydrogens is 212 g/mol. The molecule has 1 rings (SSSR count). The van der Waals surface area contributed by atoms with Crippen molar-refractivity contribution in [3.05, 3.63) is 40.5 Å². The fraction of sp³-hybridized carbons (Fsp3) is 0.400. The first kappa shape index (κ1) is 13.5. The van der Waals surface area contributed by atoms with Gasteiger partial charge in [-0.25, -0.2) is 4.79 Å². The highest BCUT2D eigenvalue weighted by molar-refractivity contribution is 5.96. The molecule has 0 bridgehead atoms. The fourth-order valence-corrected chi connectivity index (χ4v) is 1.80. The number of carbonyl (C=O) groups excluding carboxylic acids is 1. The highest BCUT2D eigenvalue weighted by atomic mass is 16.5. The van der Waals surface area contributed by atoms with E-state index in [-0.39, 0.29) is 5.97 Å². The van der Waals surface area contributed by atoms with Gasteiger partial charge in [0.05, 0.1) is 6.61 Å². The van der Waals surface area contributed by atoms with Crippen LogP contribution < -0.4 is 0 Å². The number of esters is 1. The molecule has 2 nitrogen and oxygen atoms in total. The predicted octanol–water partition coefficient (Wildman–Crippen LogP) is 3.66. The molecule has 92 valence electrons. The second-order valence-corrected chi connectivity index (χ2v) is 4.35. The monoisotopic (exact) mass is 232 g/mol. The van der Waals surface area contributed by atoms with Crippen LogP contribution in [0.1, 0.15) is 37.5 Å². The van der Waals surface area contributed by atoms with Crippen LogP contribution in [0.15, 0.2) is 23.8 Å². The summed E-state index contributed by atoms with van der Waals surface area (Å²) in [6.45, 7) is 10.1. The van der Waals surface area contributed by atoms with Crippen molar-refractivity contribution in [3.8, 4) is 0 Å². The summed E-state index contributed by atoms with van der Waals surface area (Å²) < 4.78 is 5.01. The van der Waals surface area contributed by atoms with Gasteiger partial charge in [0.2, 0.25) is 0 Å². The summed E-state index contributed by atoms with van der Waals surface area (Å²) in [6.07, 6.45) is 0. The van der Waals surface area contributed by atoms with Crippen LogP contribution in [0.3, 0.4) is 0 Å². The number of aryl methyl sites for hydroxylation is 2. The number of benzene rings is 1. The lowest BCUT2D eigenvalue weighted by Crippen LogP contribution is -2.06. The quantitative estimate of drug-likeness (QED) is 0.587. The van der Waals surface area contributed by atoms with E-state index >= 15 is 0 Å². The average Bonchev–Trinajstić information content (AvgIpc) is 2.26. The van der Waals surface area contributed by atoms with E-state index < -0.39 is 0 Å². The van der Waals surface area contributed by atoms with Crippen LogP contribution >= 0.6 is 0 Å². The highest BCUT2D eigenvalue weighted by Crippen LogP contribution is 2.21. The van der Waals surface area contributed by atoms with Gasteiger partial charge in [0.1, 0.15) is 0 Å². The Morgan fingerprint density at radius 2 is 1.65 bits per heavy atom. The zero-order valence-corrected chi connectivity index (χ0v) is 11.3. The van der Waals surface area contributed by atoms with Gasteiger partial charge < -0.3 is 4.74 Å². The highest BCUT2D eigenvalue weighted by Gasteiger charge is 2.10. The van der Waals surface area contributed by atoms with Gasteiger partial charge >= 0.3 is 5.97 Å². The van der Waals surface area contributed by atoms with Gasteiger partial charge in [0, 0.05) is 5.57 Å². The van der Waals surface area contributed by atoms with Gasteiger partial charge in [0.15, 0.2) is 0 Å². The lowest BCUT2D eigenvalue weighted by atomic mass is 9.98. The van der Waals surface area contributed by atoms with Crippen LogP contribution in [-0.4, -0.2) is 12.6 Å². The van der Waals surface area contributed by atoms with E-state index in [4.69, 9.17) is 4.74 Å². The van der Waals surface area contributed by atoms with E-state index in [1.54, 1.807) is 0 Å². The summed E-state index contributed by atoms with van der Waals surface area (Å²) in [7, 11) is 0. The molecule has 0 N–H and O–H groups in total. The maximum Gasteiger partial charge on any atom is 0.333 e. The summed E-state index contributed by atoms with van der Waals surface area (Å²) in [4.78, 5) is 11.6. The van der Waals surface area contributed by atoms with Gasteiger partial charge in [-0.3, -0.25) is 0 Å². The first-order valence-corrected chi connectivity index (χ1v) is 5.89. The lowest BCUT2D eigenvalue weighted by Gasteiger charge is -2.09. The average molecular weight is 232 g/mol. The Bertz CT molecular complexity index is 436. The Kier molecular flexibility index (Phi) is 4.50. The van der Waals surface area contributed by atoms with Crippen LogP contribution in [0.4, 0.5) is 0 Å². The van der Waals surface area contributed by atoms with E-state index in [1.165, 1.54) is 11.1 Å². The molecule has 0 aliphatic heterocycles. The predicted molar refractivity (Wildman–Crippen MR) is 70.8 cm³/mol.